The summed E-state index contributed by atoms with van der Waals surface area (Å²) in [6, 6.07) is 19.0. The molecule has 0 unspecified atom stereocenters. The highest BCUT2D eigenvalue weighted by molar-refractivity contribution is 5.94. The van der Waals surface area contributed by atoms with E-state index in [1.807, 2.05) is 79.4 Å². The molecule has 1 amide bonds. The van der Waals surface area contributed by atoms with Crippen molar-refractivity contribution in [2.24, 2.45) is 0 Å². The third-order valence-corrected chi connectivity index (χ3v) is 5.63. The van der Waals surface area contributed by atoms with Gasteiger partial charge in [-0.25, -0.2) is 0 Å². The van der Waals surface area contributed by atoms with Crippen LogP contribution in [0.5, 0.6) is 11.8 Å². The zero-order chi connectivity index (χ0) is 24.6. The van der Waals surface area contributed by atoms with Gasteiger partial charge in [0, 0.05) is 35.7 Å². The summed E-state index contributed by atoms with van der Waals surface area (Å²) < 4.78 is 16.4. The number of benzene rings is 2. The van der Waals surface area contributed by atoms with Crippen LogP contribution in [0.3, 0.4) is 0 Å². The molecule has 0 spiro atoms. The number of hydrogen-bond donors (Lipinski definition) is 1. The molecule has 8 nitrogen and oxygen atoms in total. The van der Waals surface area contributed by atoms with Crippen molar-refractivity contribution in [2.75, 3.05) is 6.61 Å². The zero-order valence-electron chi connectivity index (χ0n) is 19.9. The summed E-state index contributed by atoms with van der Waals surface area (Å²) in [4.78, 5) is 15.2. The van der Waals surface area contributed by atoms with Crippen LogP contribution in [-0.4, -0.2) is 38.8 Å². The first kappa shape index (κ1) is 24.1. The van der Waals surface area contributed by atoms with Crippen LogP contribution in [0.25, 0.3) is 11.3 Å². The summed E-state index contributed by atoms with van der Waals surface area (Å²) >= 11 is 0. The number of hydrogen-bond acceptors (Lipinski definition) is 7. The van der Waals surface area contributed by atoms with Crippen LogP contribution in [0, 0.1) is 0 Å². The van der Waals surface area contributed by atoms with Gasteiger partial charge in [0.1, 0.15) is 11.5 Å². The second-order valence-corrected chi connectivity index (χ2v) is 8.47. The summed E-state index contributed by atoms with van der Waals surface area (Å²) in [5.74, 6) is 1.90. The smallest absolute Gasteiger partial charge is 0.412 e. The molecule has 0 aliphatic rings. The fourth-order valence-electron chi connectivity index (χ4n) is 3.74. The number of rotatable bonds is 11. The Balaban J connectivity index is 1.37. The van der Waals surface area contributed by atoms with Crippen molar-refractivity contribution >= 4 is 5.91 Å². The molecule has 2 heterocycles. The zero-order valence-corrected chi connectivity index (χ0v) is 19.9. The Labute approximate surface area is 204 Å². The molecule has 0 fully saturated rings. The molecule has 0 atom stereocenters. The van der Waals surface area contributed by atoms with Gasteiger partial charge in [-0.2, -0.15) is 0 Å². The Morgan fingerprint density at radius 3 is 2.51 bits per heavy atom. The number of carbonyl (C=O) groups is 1. The lowest BCUT2D eigenvalue weighted by Gasteiger charge is -2.28. The Morgan fingerprint density at radius 2 is 1.83 bits per heavy atom. The van der Waals surface area contributed by atoms with Crippen molar-refractivity contribution in [3.05, 3.63) is 83.9 Å². The Bertz CT molecular complexity index is 1220. The number of unbranched alkanes of at least 4 members (excludes halogenated alkanes) is 1. The standard InChI is InChI=1S/C27H29N3O5/c1-19(2)30(26(31)21-14-12-20(13-15-21)23-10-7-17-34-23)18-22-8-3-4-9-24(22)33-16-6-5-11-25-28-29-27(32)35-25/h3-4,7-10,12-15,17,19H,5-6,11,16,18H2,1-2H3,(H,29,32). The number of aryl methyl sites for hydroxylation is 1. The third-order valence-electron chi connectivity index (χ3n) is 5.63. The molecule has 4 rings (SSSR count). The van der Waals surface area contributed by atoms with Crippen molar-refractivity contribution in [3.63, 3.8) is 0 Å². The number of nitrogens with zero attached hydrogens (tertiary/aromatic N) is 3. The van der Waals surface area contributed by atoms with Gasteiger partial charge in [-0.3, -0.25) is 4.79 Å². The van der Waals surface area contributed by atoms with E-state index in [1.165, 1.54) is 0 Å². The van der Waals surface area contributed by atoms with E-state index in [4.69, 9.17) is 18.7 Å². The highest BCUT2D eigenvalue weighted by Crippen LogP contribution is 2.24. The average molecular weight is 476 g/mol. The van der Waals surface area contributed by atoms with E-state index in [-0.39, 0.29) is 11.9 Å². The topological polar surface area (TPSA) is 102 Å². The molecule has 0 aliphatic carbocycles. The van der Waals surface area contributed by atoms with Gasteiger partial charge in [0.25, 0.3) is 5.91 Å². The Kier molecular flexibility index (Phi) is 7.82. The highest BCUT2D eigenvalue weighted by Gasteiger charge is 2.21. The number of amides is 1. The molecular formula is C27H29N3O5. The van der Waals surface area contributed by atoms with E-state index >= 15 is 0 Å². The van der Waals surface area contributed by atoms with Gasteiger partial charge in [0.15, 0.2) is 0 Å². The molecule has 2 aromatic heterocycles. The highest BCUT2D eigenvalue weighted by atomic mass is 16.5. The van der Waals surface area contributed by atoms with Gasteiger partial charge in [-0.15, -0.1) is 5.10 Å². The maximum atomic E-state index is 13.4. The van der Waals surface area contributed by atoms with Crippen LogP contribution in [0.1, 0.15) is 48.5 Å². The average Bonchev–Trinajstić information content (AvgIpc) is 3.55. The molecule has 0 radical (unpaired) electrons. The van der Waals surface area contributed by atoms with E-state index in [0.717, 1.165) is 35.5 Å². The van der Waals surface area contributed by atoms with E-state index < -0.39 is 6.08 Å². The maximum absolute atomic E-state index is 13.4. The number of aromatic hydroxyl groups is 1. The van der Waals surface area contributed by atoms with Crippen molar-refractivity contribution in [1.29, 1.82) is 0 Å². The summed E-state index contributed by atoms with van der Waals surface area (Å²) in [6.07, 6.45) is 3.37. The molecule has 2 aromatic carbocycles. The fraction of sp³-hybridized carbons (Fsp3) is 0.296. The minimum atomic E-state index is -0.414. The molecule has 4 aromatic rings. The lowest BCUT2D eigenvalue weighted by molar-refractivity contribution is 0.0688. The number of carbonyl (C=O) groups excluding carboxylic acids is 1. The number of aromatic nitrogens is 2. The molecule has 1 N–H and O–H groups in total. The number of ether oxygens (including phenoxy) is 1. The van der Waals surface area contributed by atoms with Gasteiger partial charge in [-0.1, -0.05) is 35.4 Å². The lowest BCUT2D eigenvalue weighted by Crippen LogP contribution is -2.36. The Morgan fingerprint density at radius 1 is 1.03 bits per heavy atom. The van der Waals surface area contributed by atoms with Crippen molar-refractivity contribution in [1.82, 2.24) is 15.1 Å². The van der Waals surface area contributed by atoms with Crippen LogP contribution in [0.15, 0.2) is 75.8 Å². The van der Waals surface area contributed by atoms with Crippen molar-refractivity contribution in [2.45, 2.75) is 45.7 Å². The van der Waals surface area contributed by atoms with Crippen molar-refractivity contribution < 1.29 is 23.5 Å². The van der Waals surface area contributed by atoms with E-state index in [1.54, 1.807) is 6.26 Å². The van der Waals surface area contributed by atoms with Crippen LogP contribution in [0.4, 0.5) is 0 Å². The second-order valence-electron chi connectivity index (χ2n) is 8.47. The monoisotopic (exact) mass is 475 g/mol. The summed E-state index contributed by atoms with van der Waals surface area (Å²) in [6.45, 7) is 4.97. The second kappa shape index (κ2) is 11.4. The molecule has 182 valence electrons. The molecule has 35 heavy (non-hydrogen) atoms. The first-order valence-corrected chi connectivity index (χ1v) is 11.7. The van der Waals surface area contributed by atoms with Crippen LogP contribution < -0.4 is 4.74 Å². The number of furan rings is 1. The first-order chi connectivity index (χ1) is 17.0. The molecular weight excluding hydrogens is 446 g/mol. The van der Waals surface area contributed by atoms with Gasteiger partial charge in [-0.05, 0) is 57.0 Å². The predicted molar refractivity (Wildman–Crippen MR) is 130 cm³/mol. The predicted octanol–water partition coefficient (Wildman–Crippen LogP) is 5.49. The fourth-order valence-corrected chi connectivity index (χ4v) is 3.74. The summed E-state index contributed by atoms with van der Waals surface area (Å²) in [5.41, 5.74) is 2.50. The minimum Gasteiger partial charge on any atom is -0.493 e. The largest absolute Gasteiger partial charge is 0.493 e. The summed E-state index contributed by atoms with van der Waals surface area (Å²) in [5, 5.41) is 16.3. The maximum Gasteiger partial charge on any atom is 0.412 e. The molecule has 0 saturated carbocycles. The van der Waals surface area contributed by atoms with Crippen LogP contribution in [-0.2, 0) is 13.0 Å². The number of para-hydroxylation sites is 1. The van der Waals surface area contributed by atoms with Crippen LogP contribution in [0.2, 0.25) is 0 Å². The van der Waals surface area contributed by atoms with Gasteiger partial charge < -0.3 is 23.6 Å². The summed E-state index contributed by atoms with van der Waals surface area (Å²) in [7, 11) is 0. The van der Waals surface area contributed by atoms with Gasteiger partial charge in [0.2, 0.25) is 5.89 Å². The minimum absolute atomic E-state index is 0.00567. The molecule has 0 bridgehead atoms. The van der Waals surface area contributed by atoms with Crippen molar-refractivity contribution in [3.8, 4) is 23.1 Å². The normalized spacial score (nSPS) is 11.1. The lowest BCUT2D eigenvalue weighted by atomic mass is 10.1. The quantitative estimate of drug-likeness (QED) is 0.286. The first-order valence-electron chi connectivity index (χ1n) is 11.7. The van der Waals surface area contributed by atoms with E-state index in [9.17, 15) is 4.79 Å². The Hall–Kier alpha value is -4.07. The SMILES string of the molecule is CC(C)N(Cc1ccccc1OCCCCc1nnc(O)o1)C(=O)c1ccc(-c2ccco2)cc1. The van der Waals surface area contributed by atoms with Crippen LogP contribution >= 0.6 is 0 Å². The van der Waals surface area contributed by atoms with E-state index in [2.05, 4.69) is 10.2 Å². The van der Waals surface area contributed by atoms with Gasteiger partial charge in [0.05, 0.1) is 12.9 Å². The van der Waals surface area contributed by atoms with Gasteiger partial charge >= 0.3 is 6.08 Å². The third kappa shape index (κ3) is 6.29. The molecule has 8 heteroatoms. The van der Waals surface area contributed by atoms with E-state index in [0.29, 0.717) is 31.0 Å². The molecule has 0 aliphatic heterocycles. The molecule has 0 saturated heterocycles.